The molecule has 0 aromatic carbocycles. The Bertz CT molecular complexity index is 415. The first-order valence-electron chi connectivity index (χ1n) is 7.13. The van der Waals surface area contributed by atoms with Gasteiger partial charge in [0, 0.05) is 18.3 Å². The van der Waals surface area contributed by atoms with Crippen LogP contribution in [0.5, 0.6) is 5.88 Å². The molecule has 1 aromatic rings. The highest BCUT2D eigenvalue weighted by atomic mass is 16.6. The maximum atomic E-state index is 5.68. The third-order valence-corrected chi connectivity index (χ3v) is 3.87. The lowest BCUT2D eigenvalue weighted by Gasteiger charge is -2.28. The molecule has 0 spiro atoms. The van der Waals surface area contributed by atoms with Gasteiger partial charge in [0.2, 0.25) is 11.8 Å². The second-order valence-corrected chi connectivity index (χ2v) is 5.60. The molecule has 5 nitrogen and oxygen atoms in total. The molecule has 19 heavy (non-hydrogen) atoms. The average molecular weight is 263 g/mol. The quantitative estimate of drug-likeness (QED) is 0.903. The summed E-state index contributed by atoms with van der Waals surface area (Å²) in [6.07, 6.45) is 6.87. The predicted octanol–water partition coefficient (Wildman–Crippen LogP) is 2.24. The molecule has 2 fully saturated rings. The van der Waals surface area contributed by atoms with Gasteiger partial charge in [0.15, 0.2) is 0 Å². The van der Waals surface area contributed by atoms with Gasteiger partial charge in [0.1, 0.15) is 6.10 Å². The van der Waals surface area contributed by atoms with E-state index in [1.807, 2.05) is 0 Å². The largest absolute Gasteiger partial charge is 0.469 e. The summed E-state index contributed by atoms with van der Waals surface area (Å²) in [5.41, 5.74) is 0. The van der Waals surface area contributed by atoms with E-state index in [0.29, 0.717) is 31.1 Å². The summed E-state index contributed by atoms with van der Waals surface area (Å²) in [6.45, 7) is 3.64. The van der Waals surface area contributed by atoms with Crippen molar-refractivity contribution in [3.8, 4) is 5.88 Å². The zero-order valence-electron chi connectivity index (χ0n) is 11.3. The van der Waals surface area contributed by atoms with Crippen LogP contribution in [0.1, 0.15) is 32.6 Å². The van der Waals surface area contributed by atoms with E-state index in [2.05, 4.69) is 22.2 Å². The highest BCUT2D eigenvalue weighted by molar-refractivity contribution is 5.29. The predicted molar refractivity (Wildman–Crippen MR) is 72.3 cm³/mol. The van der Waals surface area contributed by atoms with E-state index in [-0.39, 0.29) is 6.10 Å². The van der Waals surface area contributed by atoms with Crippen molar-refractivity contribution in [1.29, 1.82) is 0 Å². The lowest BCUT2D eigenvalue weighted by Crippen LogP contribution is -2.38. The van der Waals surface area contributed by atoms with Gasteiger partial charge >= 0.3 is 0 Å². The van der Waals surface area contributed by atoms with Gasteiger partial charge in [-0.1, -0.05) is 6.92 Å². The zero-order chi connectivity index (χ0) is 13.1. The summed E-state index contributed by atoms with van der Waals surface area (Å²) in [5, 5.41) is 3.42. The average Bonchev–Trinajstić information content (AvgIpc) is 2.37. The molecule has 0 amide bonds. The summed E-state index contributed by atoms with van der Waals surface area (Å²) >= 11 is 0. The van der Waals surface area contributed by atoms with E-state index < -0.39 is 0 Å². The molecule has 3 rings (SSSR count). The van der Waals surface area contributed by atoms with Crippen molar-refractivity contribution in [1.82, 2.24) is 9.97 Å². The van der Waals surface area contributed by atoms with Crippen molar-refractivity contribution in [3.63, 3.8) is 0 Å². The lowest BCUT2D eigenvalue weighted by atomic mass is 9.87. The van der Waals surface area contributed by atoms with Crippen LogP contribution in [0.4, 0.5) is 5.95 Å². The fourth-order valence-electron chi connectivity index (χ4n) is 2.52. The Labute approximate surface area is 113 Å². The van der Waals surface area contributed by atoms with Gasteiger partial charge in [0.05, 0.1) is 13.2 Å². The minimum Gasteiger partial charge on any atom is -0.469 e. The van der Waals surface area contributed by atoms with E-state index in [0.717, 1.165) is 5.92 Å². The number of anilines is 1. The summed E-state index contributed by atoms with van der Waals surface area (Å²) in [4.78, 5) is 8.68. The van der Waals surface area contributed by atoms with Gasteiger partial charge in [-0.05, 0) is 31.6 Å². The second-order valence-electron chi connectivity index (χ2n) is 5.60. The van der Waals surface area contributed by atoms with Crippen LogP contribution in [-0.4, -0.2) is 35.3 Å². The van der Waals surface area contributed by atoms with Crippen molar-refractivity contribution in [2.45, 2.75) is 44.8 Å². The summed E-state index contributed by atoms with van der Waals surface area (Å²) in [5.74, 6) is 2.17. The van der Waals surface area contributed by atoms with Crippen molar-refractivity contribution in [2.75, 3.05) is 18.5 Å². The van der Waals surface area contributed by atoms with E-state index in [1.165, 1.54) is 25.7 Å². The first-order valence-corrected chi connectivity index (χ1v) is 7.13. The first-order chi connectivity index (χ1) is 9.29. The standard InChI is InChI=1S/C14H21N3O2/c1-10-2-4-11(5-3-10)16-14-15-7-6-13(17-14)19-12-8-18-9-12/h6-7,10-12H,2-5,8-9H2,1H3,(H,15,16,17)/t10-,11-. The monoisotopic (exact) mass is 263 g/mol. The fourth-order valence-corrected chi connectivity index (χ4v) is 2.52. The van der Waals surface area contributed by atoms with Gasteiger partial charge < -0.3 is 14.8 Å². The smallest absolute Gasteiger partial charge is 0.226 e. The molecule has 0 radical (unpaired) electrons. The van der Waals surface area contributed by atoms with Crippen molar-refractivity contribution >= 4 is 5.95 Å². The number of hydrogen-bond donors (Lipinski definition) is 1. The Balaban J connectivity index is 1.56. The minimum atomic E-state index is 0.151. The molecule has 0 bridgehead atoms. The normalized spacial score (nSPS) is 27.6. The Morgan fingerprint density at radius 3 is 2.74 bits per heavy atom. The maximum absolute atomic E-state index is 5.68. The van der Waals surface area contributed by atoms with Crippen molar-refractivity contribution < 1.29 is 9.47 Å². The Kier molecular flexibility index (Phi) is 3.82. The van der Waals surface area contributed by atoms with Crippen LogP contribution in [0.15, 0.2) is 12.3 Å². The molecule has 5 heteroatoms. The van der Waals surface area contributed by atoms with Crippen LogP contribution in [-0.2, 0) is 4.74 Å². The molecule has 104 valence electrons. The molecule has 0 unspecified atom stereocenters. The first kappa shape index (κ1) is 12.7. The van der Waals surface area contributed by atoms with Gasteiger partial charge in [0.25, 0.3) is 0 Å². The molecular weight excluding hydrogens is 242 g/mol. The van der Waals surface area contributed by atoms with Gasteiger partial charge in [-0.15, -0.1) is 0 Å². The van der Waals surface area contributed by atoms with Crippen LogP contribution in [0.2, 0.25) is 0 Å². The van der Waals surface area contributed by atoms with E-state index in [9.17, 15) is 0 Å². The number of ether oxygens (including phenoxy) is 2. The van der Waals surface area contributed by atoms with Gasteiger partial charge in [-0.2, -0.15) is 4.98 Å². The Hall–Kier alpha value is -1.36. The molecule has 1 N–H and O–H groups in total. The Morgan fingerprint density at radius 1 is 1.26 bits per heavy atom. The summed E-state index contributed by atoms with van der Waals surface area (Å²) in [7, 11) is 0. The zero-order valence-corrected chi connectivity index (χ0v) is 11.3. The molecule has 2 heterocycles. The fraction of sp³-hybridized carbons (Fsp3) is 0.714. The second kappa shape index (κ2) is 5.74. The van der Waals surface area contributed by atoms with Crippen molar-refractivity contribution in [2.24, 2.45) is 5.92 Å². The topological polar surface area (TPSA) is 56.3 Å². The number of hydrogen-bond acceptors (Lipinski definition) is 5. The number of aromatic nitrogens is 2. The van der Waals surface area contributed by atoms with Crippen LogP contribution < -0.4 is 10.1 Å². The van der Waals surface area contributed by atoms with Gasteiger partial charge in [-0.3, -0.25) is 0 Å². The van der Waals surface area contributed by atoms with Crippen LogP contribution in [0.3, 0.4) is 0 Å². The molecule has 1 aromatic heterocycles. The number of nitrogens with one attached hydrogen (secondary N) is 1. The third kappa shape index (κ3) is 3.35. The van der Waals surface area contributed by atoms with Crippen LogP contribution in [0, 0.1) is 5.92 Å². The van der Waals surface area contributed by atoms with E-state index in [4.69, 9.17) is 9.47 Å². The molecule has 0 atom stereocenters. The highest BCUT2D eigenvalue weighted by Gasteiger charge is 2.21. The molecule has 1 aliphatic carbocycles. The third-order valence-electron chi connectivity index (χ3n) is 3.87. The minimum absolute atomic E-state index is 0.151. The van der Waals surface area contributed by atoms with Gasteiger partial charge in [-0.25, -0.2) is 4.98 Å². The van der Waals surface area contributed by atoms with E-state index >= 15 is 0 Å². The molecular formula is C14H21N3O2. The van der Waals surface area contributed by atoms with Crippen LogP contribution in [0.25, 0.3) is 0 Å². The molecule has 2 aliphatic rings. The molecule has 1 saturated heterocycles. The van der Waals surface area contributed by atoms with Crippen molar-refractivity contribution in [3.05, 3.63) is 12.3 Å². The molecule has 1 aliphatic heterocycles. The number of rotatable bonds is 4. The Morgan fingerprint density at radius 2 is 2.05 bits per heavy atom. The highest BCUT2D eigenvalue weighted by Crippen LogP contribution is 2.25. The maximum Gasteiger partial charge on any atom is 0.226 e. The summed E-state index contributed by atoms with van der Waals surface area (Å²) < 4.78 is 10.8. The SMILES string of the molecule is C[C@H]1CC[C@H](Nc2nccc(OC3COC3)n2)CC1. The lowest BCUT2D eigenvalue weighted by molar-refractivity contribution is -0.0813. The van der Waals surface area contributed by atoms with E-state index in [1.54, 1.807) is 12.3 Å². The summed E-state index contributed by atoms with van der Waals surface area (Å²) in [6, 6.07) is 2.30. The van der Waals surface area contributed by atoms with Crippen LogP contribution >= 0.6 is 0 Å². The molecule has 1 saturated carbocycles. The number of nitrogens with zero attached hydrogens (tertiary/aromatic N) is 2.